The first-order chi connectivity index (χ1) is 8.09. The van der Waals surface area contributed by atoms with Crippen molar-refractivity contribution >= 4 is 21.8 Å². The maximum Gasteiger partial charge on any atom is 0.257 e. The highest BCUT2D eigenvalue weighted by Gasteiger charge is 2.26. The summed E-state index contributed by atoms with van der Waals surface area (Å²) in [6.07, 6.45) is 0.844. The second-order valence-corrected chi connectivity index (χ2v) is 5.01. The van der Waals surface area contributed by atoms with Gasteiger partial charge in [0.05, 0.1) is 18.2 Å². The number of hydrogen-bond donors (Lipinski definition) is 1. The molecule has 1 atom stereocenters. The molecule has 1 amide bonds. The average molecular weight is 300 g/mol. The van der Waals surface area contributed by atoms with E-state index in [1.807, 2.05) is 0 Å². The van der Waals surface area contributed by atoms with Gasteiger partial charge in [-0.3, -0.25) is 4.79 Å². The van der Waals surface area contributed by atoms with Gasteiger partial charge in [0.2, 0.25) is 0 Å². The molecule has 1 aromatic rings. The Kier molecular flexibility index (Phi) is 3.69. The zero-order chi connectivity index (χ0) is 12.4. The highest BCUT2D eigenvalue weighted by molar-refractivity contribution is 9.10. The molecule has 1 aromatic carbocycles. The third-order valence-corrected chi connectivity index (χ3v) is 3.46. The predicted octanol–water partition coefficient (Wildman–Crippen LogP) is 2.02. The molecule has 1 saturated heterocycles. The topological polar surface area (TPSA) is 49.8 Å². The molecule has 1 aliphatic rings. The number of likely N-dealkylation sites (N-methyl/N-ethyl adjacent to an activating group) is 1. The van der Waals surface area contributed by atoms with E-state index in [9.17, 15) is 9.90 Å². The number of phenols is 1. The third-order valence-electron chi connectivity index (χ3n) is 2.96. The molecule has 1 heterocycles. The highest BCUT2D eigenvalue weighted by atomic mass is 79.9. The maximum absolute atomic E-state index is 12.2. The van der Waals surface area contributed by atoms with Gasteiger partial charge in [-0.1, -0.05) is 15.9 Å². The summed E-state index contributed by atoms with van der Waals surface area (Å²) in [4.78, 5) is 13.8. The Balaban J connectivity index is 2.20. The first-order valence-electron chi connectivity index (χ1n) is 5.43. The first kappa shape index (κ1) is 12.4. The van der Waals surface area contributed by atoms with Crippen molar-refractivity contribution in [3.8, 4) is 5.75 Å². The van der Waals surface area contributed by atoms with Crippen LogP contribution < -0.4 is 0 Å². The Morgan fingerprint density at radius 3 is 3.00 bits per heavy atom. The van der Waals surface area contributed by atoms with Gasteiger partial charge in [0, 0.05) is 18.1 Å². The lowest BCUT2D eigenvalue weighted by molar-refractivity contribution is 0.0708. The largest absolute Gasteiger partial charge is 0.507 e. The van der Waals surface area contributed by atoms with Crippen molar-refractivity contribution in [2.24, 2.45) is 0 Å². The minimum atomic E-state index is -0.181. The summed E-state index contributed by atoms with van der Waals surface area (Å²) in [6, 6.07) is 4.94. The van der Waals surface area contributed by atoms with E-state index < -0.39 is 0 Å². The van der Waals surface area contributed by atoms with Crippen LogP contribution in [0.3, 0.4) is 0 Å². The van der Waals surface area contributed by atoms with Crippen LogP contribution in [0.4, 0.5) is 0 Å². The van der Waals surface area contributed by atoms with Crippen molar-refractivity contribution in [2.75, 3.05) is 20.3 Å². The number of nitrogens with zero attached hydrogens (tertiary/aromatic N) is 1. The summed E-state index contributed by atoms with van der Waals surface area (Å²) in [5.41, 5.74) is 0.314. The zero-order valence-electron chi connectivity index (χ0n) is 9.52. The lowest BCUT2D eigenvalue weighted by Gasteiger charge is -2.23. The summed E-state index contributed by atoms with van der Waals surface area (Å²) in [5.74, 6) is -0.178. The van der Waals surface area contributed by atoms with Crippen molar-refractivity contribution in [1.29, 1.82) is 0 Å². The van der Waals surface area contributed by atoms with Crippen molar-refractivity contribution in [3.05, 3.63) is 28.2 Å². The molecule has 0 aromatic heterocycles. The smallest absolute Gasteiger partial charge is 0.257 e. The molecule has 1 aliphatic heterocycles. The number of aromatic hydroxyl groups is 1. The summed E-state index contributed by atoms with van der Waals surface area (Å²) in [6.45, 7) is 1.25. The van der Waals surface area contributed by atoms with Crippen molar-refractivity contribution in [3.63, 3.8) is 0 Å². The van der Waals surface area contributed by atoms with E-state index in [4.69, 9.17) is 4.74 Å². The molecule has 0 saturated carbocycles. The molecule has 4 nitrogen and oxygen atoms in total. The molecule has 0 bridgehead atoms. The molecule has 1 unspecified atom stereocenters. The van der Waals surface area contributed by atoms with Crippen LogP contribution in [-0.2, 0) is 4.74 Å². The van der Waals surface area contributed by atoms with E-state index >= 15 is 0 Å². The van der Waals surface area contributed by atoms with Crippen LogP contribution in [0.15, 0.2) is 22.7 Å². The minimum Gasteiger partial charge on any atom is -0.507 e. The number of halogens is 1. The lowest BCUT2D eigenvalue weighted by atomic mass is 10.1. The summed E-state index contributed by atoms with van der Waals surface area (Å²) in [5, 5.41) is 9.70. The Hall–Kier alpha value is -1.07. The third kappa shape index (κ3) is 2.61. The molecule has 1 fully saturated rings. The van der Waals surface area contributed by atoms with E-state index in [1.54, 1.807) is 24.1 Å². The number of hydrogen-bond acceptors (Lipinski definition) is 3. The van der Waals surface area contributed by atoms with Crippen LogP contribution in [0.25, 0.3) is 0 Å². The average Bonchev–Trinajstić information content (AvgIpc) is 2.84. The van der Waals surface area contributed by atoms with Crippen LogP contribution >= 0.6 is 15.9 Å². The van der Waals surface area contributed by atoms with Gasteiger partial charge < -0.3 is 14.7 Å². The number of carbonyl (C=O) groups is 1. The van der Waals surface area contributed by atoms with Crippen LogP contribution in [-0.4, -0.2) is 42.2 Å². The SMILES string of the molecule is CN(C(=O)c1cc(Br)ccc1O)C1CCOC1. The second kappa shape index (κ2) is 5.06. The molecule has 92 valence electrons. The van der Waals surface area contributed by atoms with Gasteiger partial charge in [-0.15, -0.1) is 0 Å². The van der Waals surface area contributed by atoms with E-state index in [2.05, 4.69) is 15.9 Å². The number of amides is 1. The fraction of sp³-hybridized carbons (Fsp3) is 0.417. The van der Waals surface area contributed by atoms with Crippen molar-refractivity contribution in [1.82, 2.24) is 4.90 Å². The second-order valence-electron chi connectivity index (χ2n) is 4.09. The monoisotopic (exact) mass is 299 g/mol. The van der Waals surface area contributed by atoms with Gasteiger partial charge in [-0.2, -0.15) is 0 Å². The molecule has 0 aliphatic carbocycles. The number of phenolic OH excluding ortho intramolecular Hbond substituents is 1. The number of benzene rings is 1. The zero-order valence-corrected chi connectivity index (χ0v) is 11.1. The van der Waals surface area contributed by atoms with Crippen LogP contribution in [0, 0.1) is 0 Å². The highest BCUT2D eigenvalue weighted by Crippen LogP contribution is 2.24. The molecule has 0 spiro atoms. The fourth-order valence-electron chi connectivity index (χ4n) is 1.86. The van der Waals surface area contributed by atoms with Gasteiger partial charge in [0.1, 0.15) is 5.75 Å². The van der Waals surface area contributed by atoms with E-state index in [0.717, 1.165) is 10.9 Å². The number of carbonyl (C=O) groups excluding carboxylic acids is 1. The van der Waals surface area contributed by atoms with Crippen molar-refractivity contribution < 1.29 is 14.6 Å². The lowest BCUT2D eigenvalue weighted by Crippen LogP contribution is -2.37. The normalized spacial score (nSPS) is 19.3. The predicted molar refractivity (Wildman–Crippen MR) is 67.1 cm³/mol. The molecule has 17 heavy (non-hydrogen) atoms. The van der Waals surface area contributed by atoms with E-state index in [1.165, 1.54) is 6.07 Å². The van der Waals surface area contributed by atoms with Gasteiger partial charge in [0.15, 0.2) is 0 Å². The van der Waals surface area contributed by atoms with Crippen LogP contribution in [0.2, 0.25) is 0 Å². The summed E-state index contributed by atoms with van der Waals surface area (Å²) >= 11 is 3.29. The van der Waals surface area contributed by atoms with Crippen LogP contribution in [0.5, 0.6) is 5.75 Å². The fourth-order valence-corrected chi connectivity index (χ4v) is 2.22. The first-order valence-corrected chi connectivity index (χ1v) is 6.22. The van der Waals surface area contributed by atoms with E-state index in [0.29, 0.717) is 18.8 Å². The standard InChI is InChI=1S/C12H14BrNO3/c1-14(9-4-5-17-7-9)12(16)10-6-8(13)2-3-11(10)15/h2-3,6,9,15H,4-5,7H2,1H3. The number of rotatable bonds is 2. The molecule has 0 radical (unpaired) electrons. The van der Waals surface area contributed by atoms with Gasteiger partial charge in [-0.05, 0) is 24.6 Å². The van der Waals surface area contributed by atoms with Gasteiger partial charge >= 0.3 is 0 Å². The van der Waals surface area contributed by atoms with E-state index in [-0.39, 0.29) is 17.7 Å². The Labute approximate surface area is 108 Å². The molecular weight excluding hydrogens is 286 g/mol. The maximum atomic E-state index is 12.2. The summed E-state index contributed by atoms with van der Waals surface area (Å²) < 4.78 is 6.03. The molecular formula is C12H14BrNO3. The quantitative estimate of drug-likeness (QED) is 0.909. The van der Waals surface area contributed by atoms with Crippen molar-refractivity contribution in [2.45, 2.75) is 12.5 Å². The molecule has 2 rings (SSSR count). The van der Waals surface area contributed by atoms with Gasteiger partial charge in [-0.25, -0.2) is 0 Å². The molecule has 1 N–H and O–H groups in total. The Morgan fingerprint density at radius 1 is 1.59 bits per heavy atom. The minimum absolute atomic E-state index is 0.00367. The summed E-state index contributed by atoms with van der Waals surface area (Å²) in [7, 11) is 1.74. The number of ether oxygens (including phenoxy) is 1. The Bertz CT molecular complexity index is 430. The Morgan fingerprint density at radius 2 is 2.35 bits per heavy atom. The van der Waals surface area contributed by atoms with Crippen LogP contribution in [0.1, 0.15) is 16.8 Å². The van der Waals surface area contributed by atoms with Gasteiger partial charge in [0.25, 0.3) is 5.91 Å². The molecule has 5 heteroatoms.